The van der Waals surface area contributed by atoms with Crippen LogP contribution in [0.5, 0.6) is 5.75 Å². The number of methoxy groups -OCH3 is 1. The van der Waals surface area contributed by atoms with Crippen LogP contribution in [-0.2, 0) is 16.1 Å². The lowest BCUT2D eigenvalue weighted by Gasteiger charge is -2.06. The van der Waals surface area contributed by atoms with E-state index in [0.29, 0.717) is 5.56 Å². The van der Waals surface area contributed by atoms with Gasteiger partial charge in [-0.2, -0.15) is 0 Å². The second-order valence-corrected chi connectivity index (χ2v) is 3.16. The Labute approximate surface area is 96.7 Å². The summed E-state index contributed by atoms with van der Waals surface area (Å²) in [5, 5.41) is 19.1. The van der Waals surface area contributed by atoms with Crippen molar-refractivity contribution >= 4 is 11.7 Å². The van der Waals surface area contributed by atoms with Gasteiger partial charge >= 0.3 is 5.97 Å². The Hall–Kier alpha value is -2.15. The molecule has 17 heavy (non-hydrogen) atoms. The van der Waals surface area contributed by atoms with E-state index in [4.69, 9.17) is 14.6 Å². The maximum atomic E-state index is 10.7. The van der Waals surface area contributed by atoms with Crippen LogP contribution in [0, 0.1) is 10.1 Å². The summed E-state index contributed by atoms with van der Waals surface area (Å²) in [6, 6.07) is 4.00. The van der Waals surface area contributed by atoms with Crippen molar-refractivity contribution in [1.29, 1.82) is 0 Å². The quantitative estimate of drug-likeness (QED) is 0.593. The fraction of sp³-hybridized carbons (Fsp3) is 0.300. The first-order valence-electron chi connectivity index (χ1n) is 4.65. The van der Waals surface area contributed by atoms with E-state index in [9.17, 15) is 14.9 Å². The highest BCUT2D eigenvalue weighted by Crippen LogP contribution is 2.24. The van der Waals surface area contributed by atoms with Crippen LogP contribution in [0.25, 0.3) is 0 Å². The number of ether oxygens (including phenoxy) is 2. The summed E-state index contributed by atoms with van der Waals surface area (Å²) in [6.07, 6.45) is 0. The van der Waals surface area contributed by atoms with Crippen LogP contribution in [0.4, 0.5) is 5.69 Å². The second kappa shape index (κ2) is 5.80. The number of carboxylic acids is 1. The molecule has 0 radical (unpaired) electrons. The molecule has 0 aliphatic rings. The van der Waals surface area contributed by atoms with Crippen molar-refractivity contribution in [1.82, 2.24) is 0 Å². The van der Waals surface area contributed by atoms with Crippen molar-refractivity contribution in [2.45, 2.75) is 6.61 Å². The number of benzene rings is 1. The highest BCUT2D eigenvalue weighted by atomic mass is 16.6. The van der Waals surface area contributed by atoms with Gasteiger partial charge in [-0.1, -0.05) is 0 Å². The molecule has 7 nitrogen and oxygen atoms in total. The van der Waals surface area contributed by atoms with E-state index in [1.54, 1.807) is 0 Å². The number of hydrogen-bond acceptors (Lipinski definition) is 5. The molecule has 1 aromatic carbocycles. The molecule has 1 aromatic rings. The first-order valence-corrected chi connectivity index (χ1v) is 4.65. The molecule has 1 N–H and O–H groups in total. The third kappa shape index (κ3) is 3.72. The monoisotopic (exact) mass is 241 g/mol. The molecule has 0 heterocycles. The number of carboxylic acid groups (broad SMARTS) is 1. The van der Waals surface area contributed by atoms with Gasteiger partial charge in [-0.05, 0) is 12.1 Å². The third-order valence-electron chi connectivity index (χ3n) is 1.91. The SMILES string of the molecule is COCc1cc(OCC(=O)O)ccc1[N+](=O)[O-]. The van der Waals surface area contributed by atoms with Crippen molar-refractivity contribution < 1.29 is 24.3 Å². The Morgan fingerprint density at radius 1 is 1.53 bits per heavy atom. The van der Waals surface area contributed by atoms with E-state index in [1.165, 1.54) is 25.3 Å². The summed E-state index contributed by atoms with van der Waals surface area (Å²) >= 11 is 0. The van der Waals surface area contributed by atoms with Crippen molar-refractivity contribution in [2.75, 3.05) is 13.7 Å². The van der Waals surface area contributed by atoms with Gasteiger partial charge in [0, 0.05) is 13.2 Å². The van der Waals surface area contributed by atoms with Crippen molar-refractivity contribution in [3.05, 3.63) is 33.9 Å². The first kappa shape index (κ1) is 12.9. The molecule has 92 valence electrons. The summed E-state index contributed by atoms with van der Waals surface area (Å²) < 4.78 is 9.73. The van der Waals surface area contributed by atoms with E-state index in [1.807, 2.05) is 0 Å². The fourth-order valence-corrected chi connectivity index (χ4v) is 1.25. The zero-order chi connectivity index (χ0) is 12.8. The summed E-state index contributed by atoms with van der Waals surface area (Å²) in [4.78, 5) is 20.5. The molecule has 1 rings (SSSR count). The third-order valence-corrected chi connectivity index (χ3v) is 1.91. The van der Waals surface area contributed by atoms with Gasteiger partial charge in [0.15, 0.2) is 6.61 Å². The smallest absolute Gasteiger partial charge is 0.341 e. The molecular weight excluding hydrogens is 230 g/mol. The van der Waals surface area contributed by atoms with E-state index in [2.05, 4.69) is 0 Å². The Bertz CT molecular complexity index is 431. The van der Waals surface area contributed by atoms with Crippen LogP contribution in [0.3, 0.4) is 0 Å². The van der Waals surface area contributed by atoms with E-state index < -0.39 is 17.5 Å². The van der Waals surface area contributed by atoms with Crippen LogP contribution in [0.15, 0.2) is 18.2 Å². The van der Waals surface area contributed by atoms with Crippen LogP contribution >= 0.6 is 0 Å². The average Bonchev–Trinajstić information content (AvgIpc) is 2.26. The molecule has 0 aliphatic carbocycles. The molecule has 0 spiro atoms. The number of nitro benzene ring substituents is 1. The molecule has 7 heteroatoms. The van der Waals surface area contributed by atoms with Gasteiger partial charge in [0.2, 0.25) is 0 Å². The highest BCUT2D eigenvalue weighted by molar-refractivity contribution is 5.68. The minimum Gasteiger partial charge on any atom is -0.482 e. The van der Waals surface area contributed by atoms with Crippen LogP contribution in [-0.4, -0.2) is 29.7 Å². The first-order chi connectivity index (χ1) is 8.04. The summed E-state index contributed by atoms with van der Waals surface area (Å²) in [6.45, 7) is -0.440. The zero-order valence-corrected chi connectivity index (χ0v) is 9.08. The normalized spacial score (nSPS) is 9.94. The lowest BCUT2D eigenvalue weighted by Crippen LogP contribution is -2.09. The number of nitro groups is 1. The minimum absolute atomic E-state index is 0.0561. The van der Waals surface area contributed by atoms with Crippen LogP contribution < -0.4 is 4.74 Å². The number of carbonyl (C=O) groups is 1. The van der Waals surface area contributed by atoms with Crippen molar-refractivity contribution in [3.63, 3.8) is 0 Å². The maximum Gasteiger partial charge on any atom is 0.341 e. The molecule has 0 fully saturated rings. The predicted molar refractivity (Wildman–Crippen MR) is 56.9 cm³/mol. The zero-order valence-electron chi connectivity index (χ0n) is 9.08. The van der Waals surface area contributed by atoms with Crippen LogP contribution in [0.1, 0.15) is 5.56 Å². The maximum absolute atomic E-state index is 10.7. The summed E-state index contributed by atoms with van der Waals surface area (Å²) in [5.74, 6) is -0.860. The summed E-state index contributed by atoms with van der Waals surface area (Å²) in [5.41, 5.74) is 0.245. The van der Waals surface area contributed by atoms with Crippen molar-refractivity contribution in [2.24, 2.45) is 0 Å². The van der Waals surface area contributed by atoms with Gasteiger partial charge < -0.3 is 14.6 Å². The van der Waals surface area contributed by atoms with Gasteiger partial charge in [0.1, 0.15) is 5.75 Å². The molecule has 0 saturated carbocycles. The molecule has 0 amide bonds. The van der Waals surface area contributed by atoms with Gasteiger partial charge in [-0.3, -0.25) is 10.1 Å². The van der Waals surface area contributed by atoms with E-state index >= 15 is 0 Å². The van der Waals surface area contributed by atoms with E-state index in [-0.39, 0.29) is 18.0 Å². The van der Waals surface area contributed by atoms with E-state index in [0.717, 1.165) is 0 Å². The summed E-state index contributed by atoms with van der Waals surface area (Å²) in [7, 11) is 1.41. The lowest BCUT2D eigenvalue weighted by molar-refractivity contribution is -0.385. The molecule has 0 unspecified atom stereocenters. The molecule has 0 saturated heterocycles. The van der Waals surface area contributed by atoms with Crippen molar-refractivity contribution in [3.8, 4) is 5.75 Å². The number of rotatable bonds is 6. The van der Waals surface area contributed by atoms with Crippen LogP contribution in [0.2, 0.25) is 0 Å². The standard InChI is InChI=1S/C10H11NO6/c1-16-5-7-4-8(17-6-10(12)13)2-3-9(7)11(14)15/h2-4H,5-6H2,1H3,(H,12,13). The Morgan fingerprint density at radius 2 is 2.24 bits per heavy atom. The molecule has 0 atom stereocenters. The molecule has 0 bridgehead atoms. The molecular formula is C10H11NO6. The largest absolute Gasteiger partial charge is 0.482 e. The minimum atomic E-state index is -1.11. The number of nitrogens with zero attached hydrogens (tertiary/aromatic N) is 1. The second-order valence-electron chi connectivity index (χ2n) is 3.16. The predicted octanol–water partition coefficient (Wildman–Crippen LogP) is 1.20. The lowest BCUT2D eigenvalue weighted by atomic mass is 10.2. The average molecular weight is 241 g/mol. The van der Waals surface area contributed by atoms with Gasteiger partial charge in [0.05, 0.1) is 17.1 Å². The van der Waals surface area contributed by atoms with Gasteiger partial charge in [-0.15, -0.1) is 0 Å². The number of aliphatic carboxylic acids is 1. The Balaban J connectivity index is 2.92. The highest BCUT2D eigenvalue weighted by Gasteiger charge is 2.14. The molecule has 0 aromatic heterocycles. The Morgan fingerprint density at radius 3 is 2.76 bits per heavy atom. The molecule has 0 aliphatic heterocycles. The van der Waals surface area contributed by atoms with Gasteiger partial charge in [0.25, 0.3) is 5.69 Å². The Kier molecular flexibility index (Phi) is 4.41. The van der Waals surface area contributed by atoms with Gasteiger partial charge in [-0.25, -0.2) is 4.79 Å². The fourth-order valence-electron chi connectivity index (χ4n) is 1.25. The number of hydrogen-bond donors (Lipinski definition) is 1. The topological polar surface area (TPSA) is 98.9 Å².